The SMILES string of the molecule is CCOC(=O)C1=C(CSc2nc3c(c(C(F)(F)F)c2C#N)CCCCCC3)OC(N)=C(C#N)C1c1ccc(C(C)C)cc1. The number of halogens is 3. The summed E-state index contributed by atoms with van der Waals surface area (Å²) in [5, 5.41) is 19.8. The molecule has 0 saturated carbocycles. The van der Waals surface area contributed by atoms with Crippen molar-refractivity contribution >= 4 is 17.7 Å². The number of nitriles is 2. The first-order valence-electron chi connectivity index (χ1n) is 14.2. The fraction of sp³-hybridized carbons (Fsp3) is 0.438. The van der Waals surface area contributed by atoms with E-state index in [1.165, 1.54) is 0 Å². The van der Waals surface area contributed by atoms with Crippen molar-refractivity contribution in [3.05, 3.63) is 80.6 Å². The van der Waals surface area contributed by atoms with Crippen LogP contribution in [0.4, 0.5) is 13.2 Å². The van der Waals surface area contributed by atoms with Gasteiger partial charge in [-0.15, -0.1) is 0 Å². The number of carbonyl (C=O) groups excluding carboxylic acids is 1. The number of aromatic nitrogens is 1. The number of hydrogen-bond donors (Lipinski definition) is 1. The number of aryl methyl sites for hydroxylation is 1. The average molecular weight is 611 g/mol. The summed E-state index contributed by atoms with van der Waals surface area (Å²) in [7, 11) is 0. The third-order valence-corrected chi connectivity index (χ3v) is 8.58. The largest absolute Gasteiger partial charge is 0.463 e. The Morgan fingerprint density at radius 3 is 2.40 bits per heavy atom. The second kappa shape index (κ2) is 13.6. The van der Waals surface area contributed by atoms with Crippen molar-refractivity contribution in [1.29, 1.82) is 10.5 Å². The molecular formula is C32H33F3N4O3S. The number of pyridine rings is 1. The van der Waals surface area contributed by atoms with Gasteiger partial charge < -0.3 is 15.2 Å². The van der Waals surface area contributed by atoms with Crippen molar-refractivity contribution in [3.8, 4) is 12.1 Å². The van der Waals surface area contributed by atoms with Crippen molar-refractivity contribution in [2.45, 2.75) is 82.3 Å². The van der Waals surface area contributed by atoms with Crippen LogP contribution in [0, 0.1) is 22.7 Å². The van der Waals surface area contributed by atoms with E-state index < -0.39 is 29.2 Å². The van der Waals surface area contributed by atoms with Gasteiger partial charge in [-0.05, 0) is 55.2 Å². The maximum Gasteiger partial charge on any atom is 0.418 e. The fourth-order valence-corrected chi connectivity index (χ4v) is 6.44. The molecule has 43 heavy (non-hydrogen) atoms. The number of fused-ring (bicyclic) bond motifs is 1. The smallest absolute Gasteiger partial charge is 0.418 e. The molecular weight excluding hydrogens is 577 g/mol. The molecule has 2 heterocycles. The standard InChI is InChI=1S/C32H33F3N4O3S/c1-4-41-31(40)27-25(42-29(38)22(15-36)26(27)20-13-11-19(12-14-20)18(2)3)17-43-30-23(16-37)28(32(33,34)35)21-9-7-5-6-8-10-24(21)39-30/h11-14,18,26H,4-10,17,38H2,1-3H3. The lowest BCUT2D eigenvalue weighted by Gasteiger charge is -2.28. The molecule has 1 aliphatic heterocycles. The van der Waals surface area contributed by atoms with Gasteiger partial charge in [0, 0.05) is 5.69 Å². The lowest BCUT2D eigenvalue weighted by Crippen LogP contribution is -2.27. The topological polar surface area (TPSA) is 122 Å². The van der Waals surface area contributed by atoms with Gasteiger partial charge in [0.2, 0.25) is 5.88 Å². The Morgan fingerprint density at radius 1 is 1.14 bits per heavy atom. The third kappa shape index (κ3) is 6.83. The van der Waals surface area contributed by atoms with Crippen molar-refractivity contribution in [2.24, 2.45) is 5.73 Å². The predicted octanol–water partition coefficient (Wildman–Crippen LogP) is 7.17. The van der Waals surface area contributed by atoms with Crippen LogP contribution in [0.5, 0.6) is 0 Å². The van der Waals surface area contributed by atoms with Gasteiger partial charge in [-0.1, -0.05) is 62.7 Å². The van der Waals surface area contributed by atoms with Gasteiger partial charge >= 0.3 is 12.1 Å². The van der Waals surface area contributed by atoms with E-state index in [4.69, 9.17) is 15.2 Å². The first-order valence-corrected chi connectivity index (χ1v) is 15.2. The van der Waals surface area contributed by atoms with Crippen LogP contribution < -0.4 is 5.73 Å². The molecule has 11 heteroatoms. The van der Waals surface area contributed by atoms with Gasteiger partial charge in [0.25, 0.3) is 0 Å². The molecule has 0 fully saturated rings. The molecule has 2 aromatic rings. The number of nitrogens with zero attached hydrogens (tertiary/aromatic N) is 3. The molecule has 1 aromatic carbocycles. The van der Waals surface area contributed by atoms with E-state index in [0.717, 1.165) is 30.2 Å². The molecule has 226 valence electrons. The van der Waals surface area contributed by atoms with E-state index in [1.807, 2.05) is 32.0 Å². The van der Waals surface area contributed by atoms with Crippen LogP contribution in [0.25, 0.3) is 0 Å². The second-order valence-corrected chi connectivity index (χ2v) is 11.7. The van der Waals surface area contributed by atoms with Gasteiger partial charge in [-0.2, -0.15) is 23.7 Å². The van der Waals surface area contributed by atoms with E-state index in [-0.39, 0.29) is 58.1 Å². The minimum Gasteiger partial charge on any atom is -0.463 e. The minimum atomic E-state index is -4.74. The highest BCUT2D eigenvalue weighted by Crippen LogP contribution is 2.44. The zero-order valence-electron chi connectivity index (χ0n) is 24.3. The molecule has 0 radical (unpaired) electrons. The first kappa shape index (κ1) is 32.0. The number of nitrogens with two attached hydrogens (primary N) is 1. The van der Waals surface area contributed by atoms with Crippen LogP contribution in [0.2, 0.25) is 0 Å². The van der Waals surface area contributed by atoms with E-state index in [1.54, 1.807) is 25.1 Å². The predicted molar refractivity (Wildman–Crippen MR) is 155 cm³/mol. The molecule has 2 N–H and O–H groups in total. The van der Waals surface area contributed by atoms with Crippen LogP contribution >= 0.6 is 11.8 Å². The lowest BCUT2D eigenvalue weighted by atomic mass is 9.82. The summed E-state index contributed by atoms with van der Waals surface area (Å²) in [6, 6.07) is 11.2. The Morgan fingerprint density at radius 2 is 1.81 bits per heavy atom. The van der Waals surface area contributed by atoms with E-state index in [9.17, 15) is 28.5 Å². The van der Waals surface area contributed by atoms with Gasteiger partial charge in [0.15, 0.2) is 0 Å². The molecule has 0 bridgehead atoms. The second-order valence-electron chi connectivity index (χ2n) is 10.7. The van der Waals surface area contributed by atoms with Gasteiger partial charge in [0.05, 0.1) is 35.0 Å². The maximum atomic E-state index is 14.4. The molecule has 1 aliphatic carbocycles. The molecule has 0 saturated heterocycles. The number of ether oxygens (including phenoxy) is 2. The van der Waals surface area contributed by atoms with Gasteiger partial charge in [-0.3, -0.25) is 0 Å². The van der Waals surface area contributed by atoms with Crippen LogP contribution in [0.3, 0.4) is 0 Å². The Bertz CT molecular complexity index is 1530. The van der Waals surface area contributed by atoms with Crippen LogP contribution in [-0.2, 0) is 33.3 Å². The zero-order valence-corrected chi connectivity index (χ0v) is 25.1. The first-order chi connectivity index (χ1) is 20.5. The molecule has 0 spiro atoms. The highest BCUT2D eigenvalue weighted by Gasteiger charge is 2.41. The maximum absolute atomic E-state index is 14.4. The number of rotatable bonds is 7. The molecule has 2 aliphatic rings. The number of allylic oxidation sites excluding steroid dienone is 1. The molecule has 1 unspecified atom stereocenters. The Balaban J connectivity index is 1.83. The summed E-state index contributed by atoms with van der Waals surface area (Å²) in [4.78, 5) is 17.9. The normalized spacial score (nSPS) is 17.4. The van der Waals surface area contributed by atoms with Crippen molar-refractivity contribution in [3.63, 3.8) is 0 Å². The summed E-state index contributed by atoms with van der Waals surface area (Å²) in [6.07, 6.45) is -1.17. The molecule has 0 amide bonds. The monoisotopic (exact) mass is 610 g/mol. The van der Waals surface area contributed by atoms with E-state index in [2.05, 4.69) is 4.98 Å². The Kier molecular flexibility index (Phi) is 10.1. The molecule has 1 atom stereocenters. The van der Waals surface area contributed by atoms with Gasteiger partial charge in [0.1, 0.15) is 28.5 Å². The van der Waals surface area contributed by atoms with Crippen molar-refractivity contribution < 1.29 is 27.4 Å². The quantitative estimate of drug-likeness (QED) is 0.259. The Labute approximate surface area is 253 Å². The fourth-order valence-electron chi connectivity index (χ4n) is 5.49. The summed E-state index contributed by atoms with van der Waals surface area (Å²) >= 11 is 0.862. The zero-order chi connectivity index (χ0) is 31.3. The molecule has 7 nitrogen and oxygen atoms in total. The minimum absolute atomic E-state index is 0.0189. The number of benzene rings is 1. The molecule has 1 aromatic heterocycles. The van der Waals surface area contributed by atoms with Gasteiger partial charge in [-0.25, -0.2) is 9.78 Å². The number of esters is 1. The van der Waals surface area contributed by atoms with E-state index >= 15 is 0 Å². The lowest BCUT2D eigenvalue weighted by molar-refractivity contribution is -0.139. The summed E-state index contributed by atoms with van der Waals surface area (Å²) in [5.74, 6) is -1.76. The van der Waals surface area contributed by atoms with Crippen LogP contribution in [-0.4, -0.2) is 23.3 Å². The van der Waals surface area contributed by atoms with Crippen molar-refractivity contribution in [2.75, 3.05) is 12.4 Å². The number of carbonyl (C=O) groups is 1. The van der Waals surface area contributed by atoms with Crippen LogP contribution in [0.15, 0.2) is 52.1 Å². The van der Waals surface area contributed by atoms with E-state index in [0.29, 0.717) is 30.5 Å². The van der Waals surface area contributed by atoms with Crippen LogP contribution in [0.1, 0.15) is 91.8 Å². The van der Waals surface area contributed by atoms with Crippen molar-refractivity contribution in [1.82, 2.24) is 4.98 Å². The highest BCUT2D eigenvalue weighted by molar-refractivity contribution is 7.99. The molecule has 4 rings (SSSR count). The summed E-state index contributed by atoms with van der Waals surface area (Å²) in [5.41, 5.74) is 6.82. The number of hydrogen-bond acceptors (Lipinski definition) is 8. The Hall–Kier alpha value is -3.96. The highest BCUT2D eigenvalue weighted by atomic mass is 32.2. The third-order valence-electron chi connectivity index (χ3n) is 7.60. The number of thioether (sulfide) groups is 1. The number of alkyl halides is 3. The summed E-state index contributed by atoms with van der Waals surface area (Å²) in [6.45, 7) is 5.76. The summed E-state index contributed by atoms with van der Waals surface area (Å²) < 4.78 is 54.3. The average Bonchev–Trinajstić information content (AvgIpc) is 2.95.